The average Bonchev–Trinajstić information content (AvgIpc) is 2.46. The van der Waals surface area contributed by atoms with Crippen LogP contribution < -0.4 is 0 Å². The molecule has 0 radical (unpaired) electrons. The first-order valence-electron chi connectivity index (χ1n) is 6.36. The fourth-order valence-corrected chi connectivity index (χ4v) is 2.82. The molecule has 1 heteroatoms. The lowest BCUT2D eigenvalue weighted by atomic mass is 9.97. The van der Waals surface area contributed by atoms with Gasteiger partial charge in [-0.25, -0.2) is 0 Å². The summed E-state index contributed by atoms with van der Waals surface area (Å²) in [6, 6.07) is 22.5. The van der Waals surface area contributed by atoms with Gasteiger partial charge in [0.2, 0.25) is 0 Å². The van der Waals surface area contributed by atoms with Gasteiger partial charge in [-0.05, 0) is 44.5 Å². The monoisotopic (exact) mass is 244 g/mol. The normalized spacial score (nSPS) is 11.4. The second-order valence-corrected chi connectivity index (χ2v) is 4.85. The van der Waals surface area contributed by atoms with Crippen LogP contribution in [0.25, 0.3) is 32.3 Å². The summed E-state index contributed by atoms with van der Waals surface area (Å²) in [4.78, 5) is 0. The minimum absolute atomic E-state index is 0.313. The van der Waals surface area contributed by atoms with Crippen molar-refractivity contribution in [1.82, 2.24) is 0 Å². The molecule has 0 aliphatic rings. The van der Waals surface area contributed by atoms with Gasteiger partial charge in [-0.2, -0.15) is 0 Å². The molecule has 0 unspecified atom stereocenters. The molecule has 90 valence electrons. The molecular formula is C18H12O. The Morgan fingerprint density at radius 2 is 1.16 bits per heavy atom. The standard InChI is InChI=1S/C18H12O/c19-14-7-10-16-13(11-14)6-9-17-15-4-2-1-3-12(15)5-8-18(16)17/h1-11,19H. The van der Waals surface area contributed by atoms with Crippen LogP contribution in [-0.4, -0.2) is 5.11 Å². The van der Waals surface area contributed by atoms with Crippen LogP contribution in [0.1, 0.15) is 0 Å². The van der Waals surface area contributed by atoms with Gasteiger partial charge < -0.3 is 5.11 Å². The summed E-state index contributed by atoms with van der Waals surface area (Å²) in [7, 11) is 0. The van der Waals surface area contributed by atoms with Crippen molar-refractivity contribution in [1.29, 1.82) is 0 Å². The molecule has 4 aromatic carbocycles. The lowest BCUT2D eigenvalue weighted by molar-refractivity contribution is 0.476. The minimum Gasteiger partial charge on any atom is -0.508 e. The zero-order chi connectivity index (χ0) is 12.8. The number of benzene rings is 4. The SMILES string of the molecule is Oc1ccc2c(ccc3c4ccccc4ccc23)c1. The van der Waals surface area contributed by atoms with Crippen LogP contribution in [0, 0.1) is 0 Å². The Labute approximate surface area is 110 Å². The molecular weight excluding hydrogens is 232 g/mol. The van der Waals surface area contributed by atoms with Crippen molar-refractivity contribution < 1.29 is 5.11 Å². The smallest absolute Gasteiger partial charge is 0.116 e. The van der Waals surface area contributed by atoms with E-state index < -0.39 is 0 Å². The Bertz CT molecular complexity index is 922. The van der Waals surface area contributed by atoms with E-state index in [2.05, 4.69) is 48.5 Å². The molecule has 4 aromatic rings. The lowest BCUT2D eigenvalue weighted by Crippen LogP contribution is -1.80. The molecule has 0 heterocycles. The number of fused-ring (bicyclic) bond motifs is 5. The van der Waals surface area contributed by atoms with Crippen molar-refractivity contribution in [3.63, 3.8) is 0 Å². The highest BCUT2D eigenvalue weighted by Crippen LogP contribution is 2.32. The van der Waals surface area contributed by atoms with Crippen LogP contribution >= 0.6 is 0 Å². The summed E-state index contributed by atoms with van der Waals surface area (Å²) < 4.78 is 0. The Morgan fingerprint density at radius 1 is 0.526 bits per heavy atom. The largest absolute Gasteiger partial charge is 0.508 e. The predicted molar refractivity (Wildman–Crippen MR) is 80.6 cm³/mol. The highest BCUT2D eigenvalue weighted by molar-refractivity contribution is 6.17. The third-order valence-corrected chi connectivity index (χ3v) is 3.73. The number of hydrogen-bond acceptors (Lipinski definition) is 1. The van der Waals surface area contributed by atoms with Crippen LogP contribution in [0.4, 0.5) is 0 Å². The molecule has 0 saturated heterocycles. The molecule has 0 aliphatic carbocycles. The highest BCUT2D eigenvalue weighted by atomic mass is 16.3. The lowest BCUT2D eigenvalue weighted by Gasteiger charge is -2.07. The topological polar surface area (TPSA) is 20.2 Å². The molecule has 0 amide bonds. The van der Waals surface area contributed by atoms with Gasteiger partial charge in [0.15, 0.2) is 0 Å². The summed E-state index contributed by atoms with van der Waals surface area (Å²) in [5.74, 6) is 0.313. The van der Waals surface area contributed by atoms with Gasteiger partial charge in [0, 0.05) is 0 Å². The molecule has 0 spiro atoms. The Balaban J connectivity index is 2.26. The molecule has 0 saturated carbocycles. The fourth-order valence-electron chi connectivity index (χ4n) is 2.82. The van der Waals surface area contributed by atoms with E-state index in [-0.39, 0.29) is 0 Å². The number of hydrogen-bond donors (Lipinski definition) is 1. The summed E-state index contributed by atoms with van der Waals surface area (Å²) in [5, 5.41) is 16.9. The predicted octanol–water partition coefficient (Wildman–Crippen LogP) is 4.85. The second-order valence-electron chi connectivity index (χ2n) is 4.85. The molecule has 1 N–H and O–H groups in total. The van der Waals surface area contributed by atoms with Crippen molar-refractivity contribution in [3.05, 3.63) is 66.7 Å². The highest BCUT2D eigenvalue weighted by Gasteiger charge is 2.04. The number of rotatable bonds is 0. The first-order chi connectivity index (χ1) is 9.33. The van der Waals surface area contributed by atoms with Crippen LogP contribution in [0.5, 0.6) is 5.75 Å². The zero-order valence-corrected chi connectivity index (χ0v) is 10.3. The van der Waals surface area contributed by atoms with Gasteiger partial charge in [-0.1, -0.05) is 54.6 Å². The maximum absolute atomic E-state index is 9.57. The van der Waals surface area contributed by atoms with E-state index in [1.54, 1.807) is 6.07 Å². The number of phenols is 1. The minimum atomic E-state index is 0.313. The van der Waals surface area contributed by atoms with Gasteiger partial charge in [-0.15, -0.1) is 0 Å². The third kappa shape index (κ3) is 1.48. The van der Waals surface area contributed by atoms with Crippen molar-refractivity contribution >= 4 is 32.3 Å². The van der Waals surface area contributed by atoms with Crippen LogP contribution in [-0.2, 0) is 0 Å². The first kappa shape index (κ1) is 10.4. The van der Waals surface area contributed by atoms with Gasteiger partial charge in [0.25, 0.3) is 0 Å². The summed E-state index contributed by atoms with van der Waals surface area (Å²) >= 11 is 0. The van der Waals surface area contributed by atoms with E-state index >= 15 is 0 Å². The summed E-state index contributed by atoms with van der Waals surface area (Å²) in [6.07, 6.45) is 0. The average molecular weight is 244 g/mol. The fraction of sp³-hybridized carbons (Fsp3) is 0. The Morgan fingerprint density at radius 3 is 2.00 bits per heavy atom. The van der Waals surface area contributed by atoms with Crippen molar-refractivity contribution in [2.75, 3.05) is 0 Å². The maximum Gasteiger partial charge on any atom is 0.116 e. The van der Waals surface area contributed by atoms with Crippen molar-refractivity contribution in [2.24, 2.45) is 0 Å². The number of phenolic OH excluding ortho intramolecular Hbond substituents is 1. The third-order valence-electron chi connectivity index (χ3n) is 3.73. The van der Waals surface area contributed by atoms with Gasteiger partial charge in [-0.3, -0.25) is 0 Å². The van der Waals surface area contributed by atoms with E-state index in [0.717, 1.165) is 5.39 Å². The second kappa shape index (κ2) is 3.72. The van der Waals surface area contributed by atoms with E-state index in [4.69, 9.17) is 0 Å². The van der Waals surface area contributed by atoms with E-state index in [0.29, 0.717) is 5.75 Å². The Hall–Kier alpha value is -2.54. The van der Waals surface area contributed by atoms with Crippen LogP contribution in [0.3, 0.4) is 0 Å². The molecule has 0 aromatic heterocycles. The van der Waals surface area contributed by atoms with Crippen molar-refractivity contribution in [3.8, 4) is 5.75 Å². The van der Waals surface area contributed by atoms with Gasteiger partial charge >= 0.3 is 0 Å². The first-order valence-corrected chi connectivity index (χ1v) is 6.36. The molecule has 0 aliphatic heterocycles. The molecule has 4 rings (SSSR count). The quantitative estimate of drug-likeness (QED) is 0.438. The molecule has 0 fully saturated rings. The summed E-state index contributed by atoms with van der Waals surface area (Å²) in [5.41, 5.74) is 0. The van der Waals surface area contributed by atoms with Crippen LogP contribution in [0.15, 0.2) is 66.7 Å². The van der Waals surface area contributed by atoms with Gasteiger partial charge in [0.1, 0.15) is 5.75 Å². The zero-order valence-electron chi connectivity index (χ0n) is 10.3. The van der Waals surface area contributed by atoms with E-state index in [1.165, 1.54) is 26.9 Å². The number of aromatic hydroxyl groups is 1. The molecule has 1 nitrogen and oxygen atoms in total. The molecule has 0 bridgehead atoms. The van der Waals surface area contributed by atoms with Gasteiger partial charge in [0.05, 0.1) is 0 Å². The Kier molecular flexibility index (Phi) is 2.04. The van der Waals surface area contributed by atoms with E-state index in [9.17, 15) is 5.11 Å². The molecule has 0 atom stereocenters. The maximum atomic E-state index is 9.57. The molecule has 19 heavy (non-hydrogen) atoms. The van der Waals surface area contributed by atoms with Crippen molar-refractivity contribution in [2.45, 2.75) is 0 Å². The van der Waals surface area contributed by atoms with Crippen LogP contribution in [0.2, 0.25) is 0 Å². The summed E-state index contributed by atoms with van der Waals surface area (Å²) in [6.45, 7) is 0. The van der Waals surface area contributed by atoms with E-state index in [1.807, 2.05) is 12.1 Å².